The predicted molar refractivity (Wildman–Crippen MR) is 87.7 cm³/mol. The highest BCUT2D eigenvalue weighted by atomic mass is 19.3. The van der Waals surface area contributed by atoms with Gasteiger partial charge in [0.05, 0.1) is 18.8 Å². The summed E-state index contributed by atoms with van der Waals surface area (Å²) in [5.41, 5.74) is 1.84. The number of amides is 1. The molecule has 0 spiro atoms. The molecule has 1 fully saturated rings. The van der Waals surface area contributed by atoms with Crippen molar-refractivity contribution in [1.29, 1.82) is 0 Å². The number of β-amino-alcohol motifs (C(OH)–C–C–N with tert-alkyl or cyclic N) is 1. The minimum atomic E-state index is -2.66. The van der Waals surface area contributed by atoms with Crippen LogP contribution in [-0.2, 0) is 11.2 Å². The summed E-state index contributed by atoms with van der Waals surface area (Å²) < 4.78 is 34.6. The first-order valence-corrected chi connectivity index (χ1v) is 8.15. The minimum absolute atomic E-state index is 0.258. The van der Waals surface area contributed by atoms with Crippen molar-refractivity contribution in [3.63, 3.8) is 0 Å². The highest BCUT2D eigenvalue weighted by molar-refractivity contribution is 5.67. The standard InChI is InChI=1S/C17H19F2N3O4/c18-15(19)8-22-17(24)26-16-12(21-6-13(16)23)5-10-1-3-11(4-2-10)14-7-20-9-25-14/h1-4,7,9,12-13,15-16,21,23H,5-6,8H2,(H,22,24)/t12-,13+,16+/m1/s1. The maximum Gasteiger partial charge on any atom is 0.407 e. The quantitative estimate of drug-likeness (QED) is 0.717. The summed E-state index contributed by atoms with van der Waals surface area (Å²) >= 11 is 0. The number of carbonyl (C=O) groups is 1. The molecule has 3 rings (SSSR count). The number of carbonyl (C=O) groups excluding carboxylic acids is 1. The lowest BCUT2D eigenvalue weighted by Crippen LogP contribution is -2.42. The number of oxazole rings is 1. The topological polar surface area (TPSA) is 96.6 Å². The van der Waals surface area contributed by atoms with Gasteiger partial charge in [0.2, 0.25) is 0 Å². The molecule has 7 nitrogen and oxygen atoms in total. The number of nitrogens with one attached hydrogen (secondary N) is 2. The number of nitrogens with zero attached hydrogens (tertiary/aromatic N) is 1. The summed E-state index contributed by atoms with van der Waals surface area (Å²) in [6.07, 6.45) is -1.87. The minimum Gasteiger partial charge on any atom is -0.444 e. The molecule has 3 atom stereocenters. The molecule has 26 heavy (non-hydrogen) atoms. The van der Waals surface area contributed by atoms with Crippen LogP contribution in [0.1, 0.15) is 5.56 Å². The van der Waals surface area contributed by atoms with Crippen molar-refractivity contribution in [3.05, 3.63) is 42.4 Å². The molecule has 3 N–H and O–H groups in total. The van der Waals surface area contributed by atoms with E-state index in [4.69, 9.17) is 9.15 Å². The number of aromatic nitrogens is 1. The molecule has 2 heterocycles. The molecule has 1 aliphatic heterocycles. The lowest BCUT2D eigenvalue weighted by Gasteiger charge is -2.22. The first-order valence-electron chi connectivity index (χ1n) is 8.15. The molecule has 1 amide bonds. The molecule has 1 aliphatic rings. The Morgan fingerprint density at radius 3 is 2.85 bits per heavy atom. The Kier molecular flexibility index (Phi) is 5.79. The fraction of sp³-hybridized carbons (Fsp3) is 0.412. The number of alkyl halides is 2. The molecule has 1 aromatic carbocycles. The van der Waals surface area contributed by atoms with Crippen LogP contribution in [0.4, 0.5) is 13.6 Å². The molecule has 1 aromatic heterocycles. The Labute approximate surface area is 148 Å². The predicted octanol–water partition coefficient (Wildman–Crippen LogP) is 1.58. The highest BCUT2D eigenvalue weighted by Crippen LogP contribution is 2.21. The number of alkyl carbamates (subject to hydrolysis) is 1. The smallest absolute Gasteiger partial charge is 0.407 e. The molecule has 0 unspecified atom stereocenters. The van der Waals surface area contributed by atoms with E-state index in [1.165, 1.54) is 6.39 Å². The Morgan fingerprint density at radius 1 is 1.42 bits per heavy atom. The number of rotatable bonds is 6. The zero-order chi connectivity index (χ0) is 18.5. The molecule has 0 saturated carbocycles. The van der Waals surface area contributed by atoms with Gasteiger partial charge in [-0.25, -0.2) is 18.6 Å². The van der Waals surface area contributed by atoms with E-state index in [0.717, 1.165) is 11.1 Å². The lowest BCUT2D eigenvalue weighted by atomic mass is 10.0. The third-order valence-corrected chi connectivity index (χ3v) is 4.14. The van der Waals surface area contributed by atoms with E-state index in [0.29, 0.717) is 12.2 Å². The van der Waals surface area contributed by atoms with Crippen molar-refractivity contribution in [3.8, 4) is 11.3 Å². The van der Waals surface area contributed by atoms with Crippen LogP contribution >= 0.6 is 0 Å². The number of ether oxygens (including phenoxy) is 1. The van der Waals surface area contributed by atoms with Gasteiger partial charge in [0.15, 0.2) is 12.2 Å². The van der Waals surface area contributed by atoms with E-state index < -0.39 is 31.3 Å². The van der Waals surface area contributed by atoms with Gasteiger partial charge in [0, 0.05) is 12.1 Å². The largest absolute Gasteiger partial charge is 0.444 e. The van der Waals surface area contributed by atoms with Crippen LogP contribution in [0.15, 0.2) is 41.3 Å². The fourth-order valence-corrected chi connectivity index (χ4v) is 2.86. The molecule has 0 radical (unpaired) electrons. The molecule has 0 bridgehead atoms. The average molecular weight is 367 g/mol. The third kappa shape index (κ3) is 4.55. The Hall–Kier alpha value is -2.52. The van der Waals surface area contributed by atoms with Gasteiger partial charge in [0.1, 0.15) is 12.2 Å². The van der Waals surface area contributed by atoms with E-state index in [2.05, 4.69) is 10.3 Å². The van der Waals surface area contributed by atoms with Gasteiger partial charge in [0.25, 0.3) is 6.43 Å². The maximum atomic E-state index is 12.1. The Morgan fingerprint density at radius 2 is 2.19 bits per heavy atom. The monoisotopic (exact) mass is 367 g/mol. The highest BCUT2D eigenvalue weighted by Gasteiger charge is 2.37. The number of halogens is 2. The number of aliphatic hydroxyl groups excluding tert-OH is 1. The first-order chi connectivity index (χ1) is 12.5. The van der Waals surface area contributed by atoms with E-state index in [-0.39, 0.29) is 12.6 Å². The van der Waals surface area contributed by atoms with Crippen LogP contribution in [-0.4, -0.2) is 53.9 Å². The number of aliphatic hydroxyl groups is 1. The van der Waals surface area contributed by atoms with Crippen molar-refractivity contribution in [1.82, 2.24) is 15.6 Å². The van der Waals surface area contributed by atoms with Crippen molar-refractivity contribution < 1.29 is 27.8 Å². The fourth-order valence-electron chi connectivity index (χ4n) is 2.86. The van der Waals surface area contributed by atoms with Gasteiger partial charge in [-0.2, -0.15) is 0 Å². The second-order valence-electron chi connectivity index (χ2n) is 5.99. The van der Waals surface area contributed by atoms with Crippen LogP contribution in [0.5, 0.6) is 0 Å². The van der Waals surface area contributed by atoms with Crippen molar-refractivity contribution in [2.75, 3.05) is 13.1 Å². The zero-order valence-electron chi connectivity index (χ0n) is 13.8. The summed E-state index contributed by atoms with van der Waals surface area (Å²) in [6, 6.07) is 7.24. The molecular formula is C17H19F2N3O4. The summed E-state index contributed by atoms with van der Waals surface area (Å²) in [6.45, 7) is -0.531. The van der Waals surface area contributed by atoms with Crippen LogP contribution in [0.25, 0.3) is 11.3 Å². The molecule has 2 aromatic rings. The van der Waals surface area contributed by atoms with Crippen molar-refractivity contribution >= 4 is 6.09 Å². The normalized spacial score (nSPS) is 22.5. The van der Waals surface area contributed by atoms with Crippen LogP contribution in [0.2, 0.25) is 0 Å². The SMILES string of the molecule is O=C(NCC(F)F)O[C@@H]1[C@@H](O)CN[C@@H]1Cc1ccc(-c2cnco2)cc1. The maximum absolute atomic E-state index is 12.1. The Bertz CT molecular complexity index is 709. The van der Waals surface area contributed by atoms with Gasteiger partial charge in [-0.3, -0.25) is 0 Å². The first kappa shape index (κ1) is 18.3. The van der Waals surface area contributed by atoms with Gasteiger partial charge in [-0.05, 0) is 12.0 Å². The molecule has 9 heteroatoms. The van der Waals surface area contributed by atoms with E-state index >= 15 is 0 Å². The summed E-state index contributed by atoms with van der Waals surface area (Å²) in [5, 5.41) is 15.1. The molecular weight excluding hydrogens is 348 g/mol. The van der Waals surface area contributed by atoms with E-state index in [9.17, 15) is 18.7 Å². The van der Waals surface area contributed by atoms with Crippen LogP contribution < -0.4 is 10.6 Å². The summed E-state index contributed by atoms with van der Waals surface area (Å²) in [4.78, 5) is 15.5. The summed E-state index contributed by atoms with van der Waals surface area (Å²) in [7, 11) is 0. The van der Waals surface area contributed by atoms with Gasteiger partial charge in [-0.1, -0.05) is 24.3 Å². The number of benzene rings is 1. The second-order valence-corrected chi connectivity index (χ2v) is 5.99. The van der Waals surface area contributed by atoms with E-state index in [1.807, 2.05) is 29.6 Å². The lowest BCUT2D eigenvalue weighted by molar-refractivity contribution is 0.0168. The number of hydrogen-bond acceptors (Lipinski definition) is 6. The van der Waals surface area contributed by atoms with Gasteiger partial charge < -0.3 is 24.9 Å². The van der Waals surface area contributed by atoms with Crippen molar-refractivity contribution in [2.45, 2.75) is 31.1 Å². The molecule has 1 saturated heterocycles. The molecule has 0 aliphatic carbocycles. The molecule has 140 valence electrons. The Balaban J connectivity index is 1.59. The van der Waals surface area contributed by atoms with Gasteiger partial charge in [-0.15, -0.1) is 0 Å². The van der Waals surface area contributed by atoms with Crippen LogP contribution in [0.3, 0.4) is 0 Å². The number of hydrogen-bond donors (Lipinski definition) is 3. The zero-order valence-corrected chi connectivity index (χ0v) is 13.8. The summed E-state index contributed by atoms with van der Waals surface area (Å²) in [5.74, 6) is 0.655. The third-order valence-electron chi connectivity index (χ3n) is 4.14. The van der Waals surface area contributed by atoms with Gasteiger partial charge >= 0.3 is 6.09 Å². The average Bonchev–Trinajstić information content (AvgIpc) is 3.26. The van der Waals surface area contributed by atoms with E-state index in [1.54, 1.807) is 6.20 Å². The second kappa shape index (κ2) is 8.24. The van der Waals surface area contributed by atoms with Crippen LogP contribution in [0, 0.1) is 0 Å². The van der Waals surface area contributed by atoms with Crippen molar-refractivity contribution in [2.24, 2.45) is 0 Å².